The molecule has 0 amide bonds. The van der Waals surface area contributed by atoms with Crippen LogP contribution < -0.4 is 10.5 Å². The van der Waals surface area contributed by atoms with E-state index in [0.29, 0.717) is 6.54 Å². The molecule has 1 fully saturated rings. The predicted octanol–water partition coefficient (Wildman–Crippen LogP) is 3.06. The highest BCUT2D eigenvalue weighted by atomic mass is 16.5. The number of hydrogen-bond donors (Lipinski definition) is 2. The summed E-state index contributed by atoms with van der Waals surface area (Å²) in [6.45, 7) is 6.89. The molecule has 0 heterocycles. The minimum atomic E-state index is -0.381. The normalized spacial score (nSPS) is 28.4. The number of ether oxygens (including phenoxy) is 1. The van der Waals surface area contributed by atoms with Crippen molar-refractivity contribution < 1.29 is 9.84 Å². The molecule has 0 aromatic heterocycles. The van der Waals surface area contributed by atoms with E-state index in [-0.39, 0.29) is 16.9 Å². The molecule has 0 spiro atoms. The summed E-state index contributed by atoms with van der Waals surface area (Å²) in [7, 11) is 1.70. The van der Waals surface area contributed by atoms with Crippen molar-refractivity contribution in [3.05, 3.63) is 29.3 Å². The number of aryl methyl sites for hydroxylation is 1. The van der Waals surface area contributed by atoms with E-state index < -0.39 is 0 Å². The van der Waals surface area contributed by atoms with Gasteiger partial charge in [-0.15, -0.1) is 0 Å². The van der Waals surface area contributed by atoms with E-state index in [2.05, 4.69) is 32.9 Å². The number of benzene rings is 1. The fourth-order valence-electron chi connectivity index (χ4n) is 3.89. The molecular weight excluding hydrogens is 262 g/mol. The summed E-state index contributed by atoms with van der Waals surface area (Å²) in [4.78, 5) is 0. The molecule has 1 saturated carbocycles. The van der Waals surface area contributed by atoms with Gasteiger partial charge in [-0.25, -0.2) is 0 Å². The first kappa shape index (κ1) is 16.3. The number of rotatable bonds is 4. The Bertz CT molecular complexity index is 498. The van der Waals surface area contributed by atoms with Gasteiger partial charge >= 0.3 is 0 Å². The van der Waals surface area contributed by atoms with Crippen LogP contribution in [0.1, 0.15) is 44.2 Å². The van der Waals surface area contributed by atoms with Crippen LogP contribution in [-0.4, -0.2) is 24.9 Å². The van der Waals surface area contributed by atoms with Crippen molar-refractivity contribution in [2.75, 3.05) is 13.7 Å². The van der Waals surface area contributed by atoms with Crippen LogP contribution in [0.5, 0.6) is 5.75 Å². The summed E-state index contributed by atoms with van der Waals surface area (Å²) >= 11 is 0. The van der Waals surface area contributed by atoms with Gasteiger partial charge in [-0.1, -0.05) is 38.0 Å². The molecule has 118 valence electrons. The third-order valence-corrected chi connectivity index (χ3v) is 5.20. The van der Waals surface area contributed by atoms with Gasteiger partial charge in [-0.3, -0.25) is 0 Å². The second-order valence-corrected chi connectivity index (χ2v) is 7.30. The molecule has 3 N–H and O–H groups in total. The highest BCUT2D eigenvalue weighted by molar-refractivity contribution is 5.38. The molecule has 1 aliphatic rings. The van der Waals surface area contributed by atoms with Gasteiger partial charge in [0.2, 0.25) is 0 Å². The van der Waals surface area contributed by atoms with Crippen LogP contribution in [-0.2, 0) is 6.42 Å². The number of methoxy groups -OCH3 is 1. The standard InChI is InChI=1S/C18H29NO2/c1-13-6-7-15(21-4)14(10-13)11-18(12-19)9-5-8-17(2,3)16(18)20/h6-7,10,16,20H,5,8-9,11-12,19H2,1-4H3. The lowest BCUT2D eigenvalue weighted by Gasteiger charge is -2.49. The molecule has 2 rings (SSSR count). The molecule has 0 bridgehead atoms. The van der Waals surface area contributed by atoms with Crippen LogP contribution in [0.2, 0.25) is 0 Å². The van der Waals surface area contributed by atoms with Gasteiger partial charge in [0.15, 0.2) is 0 Å². The first-order valence-corrected chi connectivity index (χ1v) is 7.86. The van der Waals surface area contributed by atoms with Crippen LogP contribution in [0.15, 0.2) is 18.2 Å². The van der Waals surface area contributed by atoms with E-state index in [0.717, 1.165) is 37.0 Å². The first-order chi connectivity index (χ1) is 9.84. The largest absolute Gasteiger partial charge is 0.496 e. The minimum absolute atomic E-state index is 0.0747. The lowest BCUT2D eigenvalue weighted by atomic mass is 9.59. The Morgan fingerprint density at radius 2 is 2.05 bits per heavy atom. The Hall–Kier alpha value is -1.06. The van der Waals surface area contributed by atoms with Crippen molar-refractivity contribution in [2.45, 2.75) is 52.6 Å². The smallest absolute Gasteiger partial charge is 0.122 e. The average molecular weight is 291 g/mol. The summed E-state index contributed by atoms with van der Waals surface area (Å²) in [6, 6.07) is 6.22. The number of nitrogens with two attached hydrogens (primary N) is 1. The summed E-state index contributed by atoms with van der Waals surface area (Å²) in [6.07, 6.45) is 3.55. The third kappa shape index (κ3) is 3.09. The maximum atomic E-state index is 10.9. The second-order valence-electron chi connectivity index (χ2n) is 7.30. The highest BCUT2D eigenvalue weighted by Crippen LogP contribution is 2.48. The van der Waals surface area contributed by atoms with Crippen molar-refractivity contribution in [3.63, 3.8) is 0 Å². The van der Waals surface area contributed by atoms with Crippen molar-refractivity contribution in [1.82, 2.24) is 0 Å². The van der Waals surface area contributed by atoms with E-state index >= 15 is 0 Å². The molecule has 2 atom stereocenters. The number of hydrogen-bond acceptors (Lipinski definition) is 3. The van der Waals surface area contributed by atoms with Gasteiger partial charge in [0.05, 0.1) is 13.2 Å². The van der Waals surface area contributed by atoms with Crippen molar-refractivity contribution >= 4 is 0 Å². The van der Waals surface area contributed by atoms with Gasteiger partial charge < -0.3 is 15.6 Å². The Balaban J connectivity index is 2.36. The summed E-state index contributed by atoms with van der Waals surface area (Å²) < 4.78 is 5.50. The Morgan fingerprint density at radius 1 is 1.33 bits per heavy atom. The molecule has 3 nitrogen and oxygen atoms in total. The van der Waals surface area contributed by atoms with Gasteiger partial charge in [-0.05, 0) is 43.2 Å². The zero-order chi connectivity index (χ0) is 15.7. The zero-order valence-electron chi connectivity index (χ0n) is 13.8. The lowest BCUT2D eigenvalue weighted by Crippen LogP contribution is -2.53. The zero-order valence-corrected chi connectivity index (χ0v) is 13.8. The molecule has 1 aromatic rings. The van der Waals surface area contributed by atoms with E-state index in [1.54, 1.807) is 7.11 Å². The first-order valence-electron chi connectivity index (χ1n) is 7.86. The van der Waals surface area contributed by atoms with Crippen LogP contribution in [0.3, 0.4) is 0 Å². The average Bonchev–Trinajstić information content (AvgIpc) is 2.44. The van der Waals surface area contributed by atoms with Gasteiger partial charge in [0, 0.05) is 12.0 Å². The maximum absolute atomic E-state index is 10.9. The van der Waals surface area contributed by atoms with Crippen molar-refractivity contribution in [1.29, 1.82) is 0 Å². The molecular formula is C18H29NO2. The van der Waals surface area contributed by atoms with Crippen LogP contribution >= 0.6 is 0 Å². The Labute approximate surface area is 128 Å². The predicted molar refractivity (Wildman–Crippen MR) is 86.6 cm³/mol. The highest BCUT2D eigenvalue weighted by Gasteiger charge is 2.48. The molecule has 3 heteroatoms. The molecule has 0 aliphatic heterocycles. The molecule has 2 unspecified atom stereocenters. The SMILES string of the molecule is COc1ccc(C)cc1CC1(CN)CCCC(C)(C)C1O. The van der Waals surface area contributed by atoms with E-state index in [1.165, 1.54) is 5.56 Å². The molecule has 1 aliphatic carbocycles. The molecule has 0 radical (unpaired) electrons. The quantitative estimate of drug-likeness (QED) is 0.896. The fourth-order valence-corrected chi connectivity index (χ4v) is 3.89. The van der Waals surface area contributed by atoms with E-state index in [4.69, 9.17) is 10.5 Å². The summed E-state index contributed by atoms with van der Waals surface area (Å²) in [5.41, 5.74) is 8.17. The summed E-state index contributed by atoms with van der Waals surface area (Å²) in [5, 5.41) is 10.9. The second kappa shape index (κ2) is 5.98. The number of aliphatic hydroxyl groups is 1. The maximum Gasteiger partial charge on any atom is 0.122 e. The Morgan fingerprint density at radius 3 is 2.67 bits per heavy atom. The van der Waals surface area contributed by atoms with Crippen LogP contribution in [0.25, 0.3) is 0 Å². The van der Waals surface area contributed by atoms with Gasteiger partial charge in [0.1, 0.15) is 5.75 Å². The van der Waals surface area contributed by atoms with E-state index in [9.17, 15) is 5.11 Å². The minimum Gasteiger partial charge on any atom is -0.496 e. The van der Waals surface area contributed by atoms with E-state index in [1.807, 2.05) is 6.07 Å². The topological polar surface area (TPSA) is 55.5 Å². The Kier molecular flexibility index (Phi) is 4.64. The third-order valence-electron chi connectivity index (χ3n) is 5.20. The molecule has 0 saturated heterocycles. The van der Waals surface area contributed by atoms with Gasteiger partial charge in [0.25, 0.3) is 0 Å². The monoisotopic (exact) mass is 291 g/mol. The summed E-state index contributed by atoms with van der Waals surface area (Å²) in [5.74, 6) is 0.893. The fraction of sp³-hybridized carbons (Fsp3) is 0.667. The number of aliphatic hydroxyl groups excluding tert-OH is 1. The van der Waals surface area contributed by atoms with Crippen molar-refractivity contribution in [3.8, 4) is 5.75 Å². The van der Waals surface area contributed by atoms with Gasteiger partial charge in [-0.2, -0.15) is 0 Å². The van der Waals surface area contributed by atoms with Crippen LogP contribution in [0, 0.1) is 17.8 Å². The lowest BCUT2D eigenvalue weighted by molar-refractivity contribution is -0.0886. The van der Waals surface area contributed by atoms with Crippen LogP contribution in [0.4, 0.5) is 0 Å². The van der Waals surface area contributed by atoms with Crippen molar-refractivity contribution in [2.24, 2.45) is 16.6 Å². The molecule has 21 heavy (non-hydrogen) atoms. The molecule has 1 aromatic carbocycles.